The maximum absolute atomic E-state index is 3.47. The third-order valence-electron chi connectivity index (χ3n) is 3.16. The summed E-state index contributed by atoms with van der Waals surface area (Å²) in [5.74, 6) is 0. The van der Waals surface area contributed by atoms with Crippen molar-refractivity contribution in [3.63, 3.8) is 0 Å². The third kappa shape index (κ3) is 4.93. The van der Waals surface area contributed by atoms with E-state index < -0.39 is 0 Å². The van der Waals surface area contributed by atoms with Crippen LogP contribution in [0.3, 0.4) is 0 Å². The molecule has 1 aliphatic heterocycles. The Bertz CT molecular complexity index is 164. The standard InChI is InChI=1S/C11H26N4/c1-13(2)10-7-12-15(4)11-5-8-14(3)9-6-11/h11-12H,5-10H2,1-4H3. The first kappa shape index (κ1) is 12.9. The van der Waals surface area contributed by atoms with Crippen molar-refractivity contribution in [2.75, 3.05) is 54.4 Å². The molecule has 4 nitrogen and oxygen atoms in total. The molecule has 0 aromatic rings. The minimum Gasteiger partial charge on any atom is -0.308 e. The number of nitrogens with zero attached hydrogens (tertiary/aromatic N) is 3. The van der Waals surface area contributed by atoms with Crippen LogP contribution < -0.4 is 5.43 Å². The van der Waals surface area contributed by atoms with Gasteiger partial charge in [-0.1, -0.05) is 0 Å². The molecule has 1 fully saturated rings. The molecule has 0 amide bonds. The van der Waals surface area contributed by atoms with E-state index in [1.165, 1.54) is 25.9 Å². The lowest BCUT2D eigenvalue weighted by Gasteiger charge is -2.35. The van der Waals surface area contributed by atoms with E-state index in [1.54, 1.807) is 0 Å². The molecule has 0 unspecified atom stereocenters. The third-order valence-corrected chi connectivity index (χ3v) is 3.16. The van der Waals surface area contributed by atoms with Crippen LogP contribution in [0.15, 0.2) is 0 Å². The average Bonchev–Trinajstić information content (AvgIpc) is 2.18. The van der Waals surface area contributed by atoms with Crippen LogP contribution >= 0.6 is 0 Å². The van der Waals surface area contributed by atoms with E-state index in [-0.39, 0.29) is 0 Å². The zero-order chi connectivity index (χ0) is 11.3. The van der Waals surface area contributed by atoms with Crippen LogP contribution in [0, 0.1) is 0 Å². The van der Waals surface area contributed by atoms with Gasteiger partial charge in [-0.25, -0.2) is 5.01 Å². The van der Waals surface area contributed by atoms with Crippen molar-refractivity contribution in [2.24, 2.45) is 0 Å². The van der Waals surface area contributed by atoms with Crippen LogP contribution in [0.5, 0.6) is 0 Å². The van der Waals surface area contributed by atoms with Gasteiger partial charge in [-0.05, 0) is 47.1 Å². The molecular formula is C11H26N4. The summed E-state index contributed by atoms with van der Waals surface area (Å²) in [6, 6.07) is 0.711. The maximum atomic E-state index is 3.47. The van der Waals surface area contributed by atoms with Crippen molar-refractivity contribution >= 4 is 0 Å². The molecule has 1 heterocycles. The summed E-state index contributed by atoms with van der Waals surface area (Å²) in [6.45, 7) is 4.58. The number of piperidine rings is 1. The fraction of sp³-hybridized carbons (Fsp3) is 1.00. The lowest BCUT2D eigenvalue weighted by atomic mass is 10.1. The van der Waals surface area contributed by atoms with E-state index in [2.05, 4.69) is 48.4 Å². The Morgan fingerprint density at radius 1 is 1.20 bits per heavy atom. The zero-order valence-electron chi connectivity index (χ0n) is 10.7. The Kier molecular flexibility index (Phi) is 5.53. The lowest BCUT2D eigenvalue weighted by molar-refractivity contribution is 0.0979. The van der Waals surface area contributed by atoms with Gasteiger partial charge in [-0.3, -0.25) is 5.43 Å². The quantitative estimate of drug-likeness (QED) is 0.654. The second kappa shape index (κ2) is 6.43. The molecule has 0 aromatic heterocycles. The summed E-state index contributed by atoms with van der Waals surface area (Å²) >= 11 is 0. The van der Waals surface area contributed by atoms with Gasteiger partial charge in [-0.15, -0.1) is 0 Å². The van der Waals surface area contributed by atoms with Crippen molar-refractivity contribution in [3.8, 4) is 0 Å². The highest BCUT2D eigenvalue weighted by Gasteiger charge is 2.19. The average molecular weight is 214 g/mol. The molecular weight excluding hydrogens is 188 g/mol. The van der Waals surface area contributed by atoms with Crippen molar-refractivity contribution < 1.29 is 0 Å². The Hall–Kier alpha value is -0.160. The Morgan fingerprint density at radius 3 is 2.33 bits per heavy atom. The number of hydrazine groups is 1. The second-order valence-electron chi connectivity index (χ2n) is 4.86. The van der Waals surface area contributed by atoms with Crippen LogP contribution in [-0.2, 0) is 0 Å². The fourth-order valence-electron chi connectivity index (χ4n) is 1.96. The van der Waals surface area contributed by atoms with Gasteiger partial charge in [0.1, 0.15) is 0 Å². The topological polar surface area (TPSA) is 21.8 Å². The second-order valence-corrected chi connectivity index (χ2v) is 4.86. The molecule has 0 radical (unpaired) electrons. The first-order valence-electron chi connectivity index (χ1n) is 5.89. The molecule has 1 saturated heterocycles. The van der Waals surface area contributed by atoms with E-state index in [0.29, 0.717) is 6.04 Å². The van der Waals surface area contributed by atoms with Crippen LogP contribution in [-0.4, -0.2) is 75.2 Å². The van der Waals surface area contributed by atoms with Crippen LogP contribution in [0.1, 0.15) is 12.8 Å². The number of rotatable bonds is 5. The van der Waals surface area contributed by atoms with Crippen LogP contribution in [0.25, 0.3) is 0 Å². The van der Waals surface area contributed by atoms with Gasteiger partial charge >= 0.3 is 0 Å². The predicted molar refractivity (Wildman–Crippen MR) is 64.8 cm³/mol. The number of nitrogens with one attached hydrogen (secondary N) is 1. The Morgan fingerprint density at radius 2 is 1.80 bits per heavy atom. The minimum absolute atomic E-state index is 0.711. The smallest absolute Gasteiger partial charge is 0.0264 e. The molecule has 4 heteroatoms. The van der Waals surface area contributed by atoms with Crippen molar-refractivity contribution in [1.29, 1.82) is 0 Å². The first-order valence-corrected chi connectivity index (χ1v) is 5.89. The normalized spacial score (nSPS) is 20.4. The van der Waals surface area contributed by atoms with Crippen molar-refractivity contribution in [3.05, 3.63) is 0 Å². The SMILES string of the molecule is CN(C)CCNN(C)C1CCN(C)CC1. The molecule has 0 spiro atoms. The van der Waals surface area contributed by atoms with E-state index in [0.717, 1.165) is 13.1 Å². The van der Waals surface area contributed by atoms with Gasteiger partial charge in [0.15, 0.2) is 0 Å². The summed E-state index contributed by atoms with van der Waals surface area (Å²) in [5, 5.41) is 2.30. The molecule has 1 aliphatic rings. The molecule has 15 heavy (non-hydrogen) atoms. The molecule has 0 bridgehead atoms. The van der Waals surface area contributed by atoms with Gasteiger partial charge in [0, 0.05) is 26.2 Å². The van der Waals surface area contributed by atoms with Crippen LogP contribution in [0.2, 0.25) is 0 Å². The number of hydrogen-bond donors (Lipinski definition) is 1. The Balaban J connectivity index is 2.13. The van der Waals surface area contributed by atoms with E-state index in [1.807, 2.05) is 0 Å². The Labute approximate surface area is 94.2 Å². The molecule has 1 N–H and O–H groups in total. The molecule has 90 valence electrons. The van der Waals surface area contributed by atoms with Crippen LogP contribution in [0.4, 0.5) is 0 Å². The van der Waals surface area contributed by atoms with Gasteiger partial charge in [0.2, 0.25) is 0 Å². The fourth-order valence-corrected chi connectivity index (χ4v) is 1.96. The van der Waals surface area contributed by atoms with Crippen molar-refractivity contribution in [2.45, 2.75) is 18.9 Å². The molecule has 0 saturated carbocycles. The van der Waals surface area contributed by atoms with E-state index in [4.69, 9.17) is 0 Å². The molecule has 0 aromatic carbocycles. The summed E-state index contributed by atoms with van der Waals surface area (Å²) in [5.41, 5.74) is 3.47. The van der Waals surface area contributed by atoms with Gasteiger partial charge in [0.25, 0.3) is 0 Å². The summed E-state index contributed by atoms with van der Waals surface area (Å²) < 4.78 is 0. The van der Waals surface area contributed by atoms with Gasteiger partial charge < -0.3 is 9.80 Å². The number of likely N-dealkylation sites (N-methyl/N-ethyl adjacent to an activating group) is 1. The summed E-state index contributed by atoms with van der Waals surface area (Å²) in [4.78, 5) is 4.61. The van der Waals surface area contributed by atoms with E-state index >= 15 is 0 Å². The van der Waals surface area contributed by atoms with Crippen molar-refractivity contribution in [1.82, 2.24) is 20.2 Å². The monoisotopic (exact) mass is 214 g/mol. The first-order chi connectivity index (χ1) is 7.09. The highest BCUT2D eigenvalue weighted by molar-refractivity contribution is 4.75. The summed E-state index contributed by atoms with van der Waals surface area (Å²) in [6.07, 6.45) is 2.56. The largest absolute Gasteiger partial charge is 0.308 e. The minimum atomic E-state index is 0.711. The molecule has 0 aliphatic carbocycles. The highest BCUT2D eigenvalue weighted by Crippen LogP contribution is 2.11. The van der Waals surface area contributed by atoms with Gasteiger partial charge in [-0.2, -0.15) is 0 Å². The summed E-state index contributed by atoms with van der Waals surface area (Å²) in [7, 11) is 8.59. The molecule has 1 rings (SSSR count). The predicted octanol–water partition coefficient (Wildman–Crippen LogP) is 0.0786. The number of hydrogen-bond acceptors (Lipinski definition) is 4. The highest BCUT2D eigenvalue weighted by atomic mass is 15.5. The van der Waals surface area contributed by atoms with Gasteiger partial charge in [0.05, 0.1) is 0 Å². The zero-order valence-corrected chi connectivity index (χ0v) is 10.7. The maximum Gasteiger partial charge on any atom is 0.0264 e. The number of likely N-dealkylation sites (tertiary alicyclic amines) is 1. The van der Waals surface area contributed by atoms with E-state index in [9.17, 15) is 0 Å². The molecule has 0 atom stereocenters. The lowest BCUT2D eigenvalue weighted by Crippen LogP contribution is -2.49.